The predicted molar refractivity (Wildman–Crippen MR) is 105 cm³/mol. The van der Waals surface area contributed by atoms with Gasteiger partial charge in [-0.05, 0) is 12.1 Å². The lowest BCUT2D eigenvalue weighted by molar-refractivity contribution is 0.122. The molecule has 6 nitrogen and oxygen atoms in total. The number of benzene rings is 1. The van der Waals surface area contributed by atoms with Crippen molar-refractivity contribution < 1.29 is 14.2 Å². The van der Waals surface area contributed by atoms with Gasteiger partial charge in [0.1, 0.15) is 5.82 Å². The maximum atomic E-state index is 5.49. The van der Waals surface area contributed by atoms with Gasteiger partial charge >= 0.3 is 0 Å². The summed E-state index contributed by atoms with van der Waals surface area (Å²) in [5.41, 5.74) is 2.25. The maximum Gasteiger partial charge on any atom is 0.165 e. The van der Waals surface area contributed by atoms with Crippen molar-refractivity contribution in [1.29, 1.82) is 0 Å². The summed E-state index contributed by atoms with van der Waals surface area (Å²) in [4.78, 5) is 6.86. The number of rotatable bonds is 7. The van der Waals surface area contributed by atoms with Gasteiger partial charge in [-0.15, -0.1) is 12.4 Å². The normalized spacial score (nSPS) is 13.8. The average molecular weight is 380 g/mol. The van der Waals surface area contributed by atoms with Gasteiger partial charge in [0.15, 0.2) is 11.5 Å². The van der Waals surface area contributed by atoms with E-state index in [1.807, 2.05) is 30.5 Å². The van der Waals surface area contributed by atoms with Crippen LogP contribution in [0.1, 0.15) is 11.1 Å². The zero-order valence-electron chi connectivity index (χ0n) is 15.2. The third kappa shape index (κ3) is 4.78. The molecule has 1 aromatic carbocycles. The van der Waals surface area contributed by atoms with Crippen LogP contribution in [-0.2, 0) is 17.8 Å². The molecule has 0 saturated carbocycles. The Bertz CT molecular complexity index is 693. The van der Waals surface area contributed by atoms with E-state index in [1.165, 1.54) is 5.56 Å². The Labute approximate surface area is 160 Å². The predicted octanol–water partition coefficient (Wildman–Crippen LogP) is 2.65. The first-order chi connectivity index (χ1) is 12.3. The SMILES string of the molecule is COc1cccc(CNCc2cccnc2N2CCOCC2)c1OC.Cl. The van der Waals surface area contributed by atoms with Crippen molar-refractivity contribution in [3.63, 3.8) is 0 Å². The number of nitrogens with zero attached hydrogens (tertiary/aromatic N) is 2. The second kappa shape index (κ2) is 10.2. The highest BCUT2D eigenvalue weighted by atomic mass is 35.5. The van der Waals surface area contributed by atoms with Crippen molar-refractivity contribution in [2.75, 3.05) is 45.4 Å². The molecule has 1 aromatic heterocycles. The van der Waals surface area contributed by atoms with Crippen LogP contribution in [-0.4, -0.2) is 45.5 Å². The maximum absolute atomic E-state index is 5.49. The number of para-hydroxylation sites is 1. The van der Waals surface area contributed by atoms with Gasteiger partial charge in [0.05, 0.1) is 27.4 Å². The molecule has 0 radical (unpaired) electrons. The average Bonchev–Trinajstić information content (AvgIpc) is 2.68. The Morgan fingerprint density at radius 3 is 2.50 bits per heavy atom. The number of pyridine rings is 1. The van der Waals surface area contributed by atoms with Gasteiger partial charge in [-0.3, -0.25) is 0 Å². The molecule has 1 aliphatic heterocycles. The fraction of sp³-hybridized carbons (Fsp3) is 0.421. The first-order valence-electron chi connectivity index (χ1n) is 8.50. The number of anilines is 1. The Kier molecular flexibility index (Phi) is 7.97. The van der Waals surface area contributed by atoms with Crippen LogP contribution in [0.3, 0.4) is 0 Å². The molecular formula is C19H26ClN3O3. The van der Waals surface area contributed by atoms with Crippen molar-refractivity contribution >= 4 is 18.2 Å². The molecule has 142 valence electrons. The summed E-state index contributed by atoms with van der Waals surface area (Å²) in [5.74, 6) is 2.56. The van der Waals surface area contributed by atoms with Gasteiger partial charge in [-0.1, -0.05) is 18.2 Å². The zero-order chi connectivity index (χ0) is 17.5. The molecule has 1 fully saturated rings. The first kappa shape index (κ1) is 20.3. The Hall–Kier alpha value is -2.02. The number of hydrogen-bond acceptors (Lipinski definition) is 6. The molecule has 0 atom stereocenters. The van der Waals surface area contributed by atoms with Crippen LogP contribution in [0.15, 0.2) is 36.5 Å². The summed E-state index contributed by atoms with van der Waals surface area (Å²) in [6.07, 6.45) is 1.85. The molecule has 26 heavy (non-hydrogen) atoms. The summed E-state index contributed by atoms with van der Waals surface area (Å²) in [6, 6.07) is 10.0. The Balaban J connectivity index is 0.00000243. The fourth-order valence-electron chi connectivity index (χ4n) is 3.05. The molecule has 0 aliphatic carbocycles. The fourth-order valence-corrected chi connectivity index (χ4v) is 3.05. The quantitative estimate of drug-likeness (QED) is 0.798. The highest BCUT2D eigenvalue weighted by Gasteiger charge is 2.16. The number of aromatic nitrogens is 1. The van der Waals surface area contributed by atoms with Crippen LogP contribution in [0, 0.1) is 0 Å². The number of morpholine rings is 1. The van der Waals surface area contributed by atoms with Crippen molar-refractivity contribution in [2.24, 2.45) is 0 Å². The molecule has 1 aliphatic rings. The molecule has 2 aromatic rings. The van der Waals surface area contributed by atoms with E-state index in [4.69, 9.17) is 14.2 Å². The standard InChI is InChI=1S/C19H25N3O3.ClH/c1-23-17-7-3-5-15(18(17)24-2)13-20-14-16-6-4-8-21-19(16)22-9-11-25-12-10-22;/h3-8,20H,9-14H2,1-2H3;1H. The first-order valence-corrected chi connectivity index (χ1v) is 8.50. The number of halogens is 1. The van der Waals surface area contributed by atoms with E-state index in [-0.39, 0.29) is 12.4 Å². The summed E-state index contributed by atoms with van der Waals surface area (Å²) < 4.78 is 16.3. The van der Waals surface area contributed by atoms with Crippen LogP contribution in [0.5, 0.6) is 11.5 Å². The number of hydrogen-bond donors (Lipinski definition) is 1. The molecular weight excluding hydrogens is 354 g/mol. The summed E-state index contributed by atoms with van der Waals surface area (Å²) >= 11 is 0. The van der Waals surface area contributed by atoms with Crippen LogP contribution in [0.2, 0.25) is 0 Å². The van der Waals surface area contributed by atoms with Crippen LogP contribution in [0.25, 0.3) is 0 Å². The summed E-state index contributed by atoms with van der Waals surface area (Å²) in [5, 5.41) is 3.49. The largest absolute Gasteiger partial charge is 0.493 e. The minimum Gasteiger partial charge on any atom is -0.493 e. The van der Waals surface area contributed by atoms with Crippen LogP contribution < -0.4 is 19.7 Å². The number of nitrogens with one attached hydrogen (secondary N) is 1. The van der Waals surface area contributed by atoms with Crippen molar-refractivity contribution in [1.82, 2.24) is 10.3 Å². The highest BCUT2D eigenvalue weighted by Crippen LogP contribution is 2.30. The lowest BCUT2D eigenvalue weighted by Crippen LogP contribution is -2.37. The molecule has 0 amide bonds. The van der Waals surface area contributed by atoms with E-state index in [0.29, 0.717) is 6.54 Å². The van der Waals surface area contributed by atoms with Crippen molar-refractivity contribution in [2.45, 2.75) is 13.1 Å². The zero-order valence-corrected chi connectivity index (χ0v) is 16.1. The van der Waals surface area contributed by atoms with Crippen LogP contribution >= 0.6 is 12.4 Å². The summed E-state index contributed by atoms with van der Waals surface area (Å²) in [6.45, 7) is 4.70. The molecule has 0 bridgehead atoms. The Morgan fingerprint density at radius 1 is 1.04 bits per heavy atom. The number of methoxy groups -OCH3 is 2. The van der Waals surface area contributed by atoms with E-state index in [9.17, 15) is 0 Å². The number of ether oxygens (including phenoxy) is 3. The van der Waals surface area contributed by atoms with Gasteiger partial charge in [0, 0.05) is 43.5 Å². The molecule has 1 saturated heterocycles. The minimum atomic E-state index is 0. The monoisotopic (exact) mass is 379 g/mol. The lowest BCUT2D eigenvalue weighted by Gasteiger charge is -2.29. The molecule has 2 heterocycles. The third-order valence-electron chi connectivity index (χ3n) is 4.29. The second-order valence-electron chi connectivity index (χ2n) is 5.84. The van der Waals surface area contributed by atoms with Gasteiger partial charge in [-0.25, -0.2) is 4.98 Å². The van der Waals surface area contributed by atoms with E-state index >= 15 is 0 Å². The van der Waals surface area contributed by atoms with E-state index < -0.39 is 0 Å². The smallest absolute Gasteiger partial charge is 0.165 e. The molecule has 3 rings (SSSR count). The van der Waals surface area contributed by atoms with Gasteiger partial charge < -0.3 is 24.4 Å². The minimum absolute atomic E-state index is 0. The van der Waals surface area contributed by atoms with Crippen LogP contribution in [0.4, 0.5) is 5.82 Å². The van der Waals surface area contributed by atoms with E-state index in [1.54, 1.807) is 14.2 Å². The van der Waals surface area contributed by atoms with Gasteiger partial charge in [0.2, 0.25) is 0 Å². The van der Waals surface area contributed by atoms with Crippen molar-refractivity contribution in [3.05, 3.63) is 47.7 Å². The highest BCUT2D eigenvalue weighted by molar-refractivity contribution is 5.85. The Morgan fingerprint density at radius 2 is 1.77 bits per heavy atom. The lowest BCUT2D eigenvalue weighted by atomic mass is 10.1. The topological polar surface area (TPSA) is 55.9 Å². The molecule has 1 N–H and O–H groups in total. The summed E-state index contributed by atoms with van der Waals surface area (Å²) in [7, 11) is 3.32. The third-order valence-corrected chi connectivity index (χ3v) is 4.29. The molecule has 0 unspecified atom stereocenters. The molecule has 7 heteroatoms. The molecule has 0 spiro atoms. The van der Waals surface area contributed by atoms with E-state index in [2.05, 4.69) is 21.3 Å². The van der Waals surface area contributed by atoms with Gasteiger partial charge in [0.25, 0.3) is 0 Å². The van der Waals surface area contributed by atoms with Crippen molar-refractivity contribution in [3.8, 4) is 11.5 Å². The van der Waals surface area contributed by atoms with E-state index in [0.717, 1.165) is 55.7 Å². The van der Waals surface area contributed by atoms with Gasteiger partial charge in [-0.2, -0.15) is 0 Å². The second-order valence-corrected chi connectivity index (χ2v) is 5.84.